The molecule has 1 fully saturated rings. The average Bonchev–Trinajstić information content (AvgIpc) is 2.28. The first-order chi connectivity index (χ1) is 8.15. The number of hydrogen-bond donors (Lipinski definition) is 1. The largest absolute Gasteiger partial charge is 0.310 e. The Kier molecular flexibility index (Phi) is 7.61. The Morgan fingerprint density at radius 1 is 1.29 bits per heavy atom. The summed E-state index contributed by atoms with van der Waals surface area (Å²) in [4.78, 5) is 0. The van der Waals surface area contributed by atoms with E-state index < -0.39 is 0 Å². The van der Waals surface area contributed by atoms with Gasteiger partial charge in [0.25, 0.3) is 0 Å². The van der Waals surface area contributed by atoms with Gasteiger partial charge in [-0.05, 0) is 43.8 Å². The smallest absolute Gasteiger partial charge is 0.0158 e. The van der Waals surface area contributed by atoms with E-state index in [9.17, 15) is 0 Å². The monoisotopic (exact) mass is 257 g/mol. The van der Waals surface area contributed by atoms with E-state index in [0.29, 0.717) is 0 Å². The molecule has 1 nitrogen and oxygen atoms in total. The zero-order chi connectivity index (χ0) is 12.7. The van der Waals surface area contributed by atoms with Crippen LogP contribution in [-0.4, -0.2) is 24.1 Å². The standard InChI is InChI=1S/C15H31NS/c1-5-14(11-17-4)16-15-8-6-7-13(10-15)9-12(2)3/h12-16H,5-11H2,1-4H3. The molecule has 0 bridgehead atoms. The van der Waals surface area contributed by atoms with Gasteiger partial charge in [0.05, 0.1) is 0 Å². The predicted molar refractivity (Wildman–Crippen MR) is 80.8 cm³/mol. The number of rotatable bonds is 7. The van der Waals surface area contributed by atoms with Crippen LogP contribution in [-0.2, 0) is 0 Å². The van der Waals surface area contributed by atoms with Crippen molar-refractivity contribution >= 4 is 11.8 Å². The van der Waals surface area contributed by atoms with Crippen molar-refractivity contribution in [2.45, 2.75) is 71.4 Å². The summed E-state index contributed by atoms with van der Waals surface area (Å²) in [5.41, 5.74) is 0. The molecular formula is C15H31NS. The van der Waals surface area contributed by atoms with Crippen LogP contribution in [0.1, 0.15) is 59.3 Å². The van der Waals surface area contributed by atoms with Gasteiger partial charge in [-0.2, -0.15) is 11.8 Å². The summed E-state index contributed by atoms with van der Waals surface area (Å²) in [7, 11) is 0. The number of hydrogen-bond acceptors (Lipinski definition) is 2. The normalized spacial score (nSPS) is 27.4. The van der Waals surface area contributed by atoms with Gasteiger partial charge in [-0.1, -0.05) is 33.6 Å². The molecule has 1 aliphatic carbocycles. The third kappa shape index (κ3) is 6.15. The van der Waals surface area contributed by atoms with E-state index in [-0.39, 0.29) is 0 Å². The molecule has 0 aromatic heterocycles. The van der Waals surface area contributed by atoms with Crippen molar-refractivity contribution in [3.63, 3.8) is 0 Å². The van der Waals surface area contributed by atoms with Crippen molar-refractivity contribution in [2.24, 2.45) is 11.8 Å². The topological polar surface area (TPSA) is 12.0 Å². The van der Waals surface area contributed by atoms with Gasteiger partial charge in [0.1, 0.15) is 0 Å². The highest BCUT2D eigenvalue weighted by molar-refractivity contribution is 7.98. The molecule has 2 heteroatoms. The molecule has 0 aromatic carbocycles. The van der Waals surface area contributed by atoms with Gasteiger partial charge in [-0.25, -0.2) is 0 Å². The van der Waals surface area contributed by atoms with Crippen LogP contribution in [0.3, 0.4) is 0 Å². The highest BCUT2D eigenvalue weighted by Gasteiger charge is 2.23. The van der Waals surface area contributed by atoms with Crippen LogP contribution in [0.25, 0.3) is 0 Å². The van der Waals surface area contributed by atoms with E-state index in [4.69, 9.17) is 0 Å². The van der Waals surface area contributed by atoms with Crippen molar-refractivity contribution < 1.29 is 0 Å². The van der Waals surface area contributed by atoms with Crippen molar-refractivity contribution in [2.75, 3.05) is 12.0 Å². The molecule has 17 heavy (non-hydrogen) atoms. The van der Waals surface area contributed by atoms with Crippen LogP contribution in [0.15, 0.2) is 0 Å². The minimum atomic E-state index is 0.729. The number of thioether (sulfide) groups is 1. The molecule has 3 atom stereocenters. The van der Waals surface area contributed by atoms with Gasteiger partial charge in [-0.3, -0.25) is 0 Å². The maximum absolute atomic E-state index is 3.89. The molecule has 0 aromatic rings. The van der Waals surface area contributed by atoms with Gasteiger partial charge in [0, 0.05) is 17.8 Å². The van der Waals surface area contributed by atoms with Crippen molar-refractivity contribution in [1.82, 2.24) is 5.32 Å². The van der Waals surface area contributed by atoms with Gasteiger partial charge in [0.2, 0.25) is 0 Å². The molecule has 0 spiro atoms. The molecule has 0 radical (unpaired) electrons. The van der Waals surface area contributed by atoms with Gasteiger partial charge >= 0.3 is 0 Å². The van der Waals surface area contributed by atoms with Crippen molar-refractivity contribution in [1.29, 1.82) is 0 Å². The molecule has 1 rings (SSSR count). The first-order valence-electron chi connectivity index (χ1n) is 7.40. The van der Waals surface area contributed by atoms with Crippen LogP contribution in [0, 0.1) is 11.8 Å². The maximum Gasteiger partial charge on any atom is 0.0158 e. The molecule has 1 aliphatic rings. The third-order valence-corrected chi connectivity index (χ3v) is 4.66. The molecule has 1 saturated carbocycles. The van der Waals surface area contributed by atoms with E-state index in [2.05, 4.69) is 32.3 Å². The van der Waals surface area contributed by atoms with Gasteiger partial charge in [0.15, 0.2) is 0 Å². The Hall–Kier alpha value is 0.310. The summed E-state index contributed by atoms with van der Waals surface area (Å²) in [6, 6.07) is 1.53. The van der Waals surface area contributed by atoms with E-state index in [0.717, 1.165) is 23.9 Å². The Balaban J connectivity index is 2.32. The summed E-state index contributed by atoms with van der Waals surface area (Å²) in [5.74, 6) is 3.11. The van der Waals surface area contributed by atoms with Crippen LogP contribution in [0.5, 0.6) is 0 Å². The van der Waals surface area contributed by atoms with Crippen molar-refractivity contribution in [3.8, 4) is 0 Å². The molecular weight excluding hydrogens is 226 g/mol. The molecule has 3 unspecified atom stereocenters. The Labute approximate surface area is 113 Å². The average molecular weight is 257 g/mol. The van der Waals surface area contributed by atoms with E-state index in [1.165, 1.54) is 44.3 Å². The second kappa shape index (κ2) is 8.42. The highest BCUT2D eigenvalue weighted by atomic mass is 32.2. The second-order valence-corrected chi connectivity index (χ2v) is 7.00. The first kappa shape index (κ1) is 15.4. The Bertz CT molecular complexity index is 193. The molecule has 0 saturated heterocycles. The van der Waals surface area contributed by atoms with E-state index >= 15 is 0 Å². The Morgan fingerprint density at radius 3 is 2.65 bits per heavy atom. The zero-order valence-corrected chi connectivity index (χ0v) is 13.0. The fourth-order valence-electron chi connectivity index (χ4n) is 3.14. The molecule has 102 valence electrons. The lowest BCUT2D eigenvalue weighted by molar-refractivity contribution is 0.242. The number of nitrogens with one attached hydrogen (secondary N) is 1. The predicted octanol–water partition coefficient (Wildman–Crippen LogP) is 4.32. The zero-order valence-electron chi connectivity index (χ0n) is 12.2. The lowest BCUT2D eigenvalue weighted by Crippen LogP contribution is -2.42. The summed E-state index contributed by atoms with van der Waals surface area (Å²) < 4.78 is 0. The van der Waals surface area contributed by atoms with Crippen LogP contribution in [0.2, 0.25) is 0 Å². The third-order valence-electron chi connectivity index (χ3n) is 3.92. The van der Waals surface area contributed by atoms with Crippen LogP contribution in [0.4, 0.5) is 0 Å². The minimum Gasteiger partial charge on any atom is -0.310 e. The van der Waals surface area contributed by atoms with Crippen molar-refractivity contribution in [3.05, 3.63) is 0 Å². The second-order valence-electron chi connectivity index (χ2n) is 6.09. The van der Waals surface area contributed by atoms with Gasteiger partial charge in [-0.15, -0.1) is 0 Å². The minimum absolute atomic E-state index is 0.729. The lowest BCUT2D eigenvalue weighted by Gasteiger charge is -2.33. The SMILES string of the molecule is CCC(CSC)NC1CCCC(CC(C)C)C1. The maximum atomic E-state index is 3.89. The van der Waals surface area contributed by atoms with Crippen LogP contribution >= 0.6 is 11.8 Å². The van der Waals surface area contributed by atoms with E-state index in [1.807, 2.05) is 11.8 Å². The fraction of sp³-hybridized carbons (Fsp3) is 1.00. The van der Waals surface area contributed by atoms with E-state index in [1.54, 1.807) is 0 Å². The first-order valence-corrected chi connectivity index (χ1v) is 8.80. The summed E-state index contributed by atoms with van der Waals surface area (Å²) in [5, 5.41) is 3.89. The summed E-state index contributed by atoms with van der Waals surface area (Å²) >= 11 is 1.97. The summed E-state index contributed by atoms with van der Waals surface area (Å²) in [6.45, 7) is 7.03. The van der Waals surface area contributed by atoms with Gasteiger partial charge < -0.3 is 5.32 Å². The highest BCUT2D eigenvalue weighted by Crippen LogP contribution is 2.29. The van der Waals surface area contributed by atoms with Crippen LogP contribution < -0.4 is 5.32 Å². The molecule has 0 aliphatic heterocycles. The molecule has 1 N–H and O–H groups in total. The lowest BCUT2D eigenvalue weighted by atomic mass is 9.81. The fourth-order valence-corrected chi connectivity index (χ4v) is 3.88. The molecule has 0 amide bonds. The quantitative estimate of drug-likeness (QED) is 0.729. The summed E-state index contributed by atoms with van der Waals surface area (Å²) in [6.07, 6.45) is 10.6. The Morgan fingerprint density at radius 2 is 2.06 bits per heavy atom. The molecule has 0 heterocycles.